The average Bonchev–Trinajstić information content (AvgIpc) is 1.60. The lowest BCUT2D eigenvalue weighted by Gasteiger charge is -1.99. The highest BCUT2D eigenvalue weighted by Crippen LogP contribution is 2.16. The smallest absolute Gasteiger partial charge is 0.360 e. The highest BCUT2D eigenvalue weighted by molar-refractivity contribution is 5.85. The maximum atomic E-state index is 11.0. The zero-order valence-corrected chi connectivity index (χ0v) is 4.24. The first-order chi connectivity index (χ1) is 4.34. The monoisotopic (exact) mass is 160 g/mol. The van der Waals surface area contributed by atoms with Crippen LogP contribution in [-0.2, 0) is 9.53 Å². The van der Waals surface area contributed by atoms with Gasteiger partial charge in [-0.25, -0.2) is 9.59 Å². The summed E-state index contributed by atoms with van der Waals surface area (Å²) in [6, 6.07) is 0. The molecule has 0 aliphatic carbocycles. The average molecular weight is 160 g/mol. The van der Waals surface area contributed by atoms with E-state index in [1.165, 1.54) is 0 Å². The molecule has 0 bridgehead atoms. The van der Waals surface area contributed by atoms with Crippen molar-refractivity contribution in [1.29, 1.82) is 0 Å². The fourth-order valence-electron chi connectivity index (χ4n) is 0.131. The summed E-state index contributed by atoms with van der Waals surface area (Å²) in [6.45, 7) is 0. The van der Waals surface area contributed by atoms with E-state index in [1.807, 2.05) is 0 Å². The molecule has 3 nitrogen and oxygen atoms in total. The predicted octanol–water partition coefficient (Wildman–Crippen LogP) is 1.18. The summed E-state index contributed by atoms with van der Waals surface area (Å²) in [4.78, 5) is 18.6. The summed E-state index contributed by atoms with van der Waals surface area (Å²) in [6.07, 6.45) is -8.11. The van der Waals surface area contributed by atoms with Crippen LogP contribution in [0.5, 0.6) is 0 Å². The Labute approximate surface area is 51.6 Å². The van der Waals surface area contributed by atoms with Gasteiger partial charge in [0.2, 0.25) is 0 Å². The van der Waals surface area contributed by atoms with Crippen molar-refractivity contribution in [2.24, 2.45) is 0 Å². The maximum Gasteiger partial charge on any atom is 0.503 e. The Morgan fingerprint density at radius 1 is 1.20 bits per heavy atom. The Morgan fingerprint density at radius 3 is 1.70 bits per heavy atom. The van der Waals surface area contributed by atoms with Crippen molar-refractivity contribution in [3.05, 3.63) is 0 Å². The van der Waals surface area contributed by atoms with Crippen LogP contribution >= 0.6 is 0 Å². The van der Waals surface area contributed by atoms with E-state index in [2.05, 4.69) is 4.74 Å². The lowest BCUT2D eigenvalue weighted by atomic mass is 10.7. The first kappa shape index (κ1) is 8.86. The first-order valence-corrected chi connectivity index (χ1v) is 1.82. The molecule has 0 radical (unpaired) electrons. The molecule has 7 heteroatoms. The van der Waals surface area contributed by atoms with E-state index in [0.717, 1.165) is 0 Å². The van der Waals surface area contributed by atoms with Gasteiger partial charge >= 0.3 is 18.4 Å². The number of hydrogen-bond acceptors (Lipinski definition) is 3. The largest absolute Gasteiger partial charge is 0.503 e. The molecule has 0 spiro atoms. The van der Waals surface area contributed by atoms with E-state index >= 15 is 0 Å². The quantitative estimate of drug-likeness (QED) is 0.231. The van der Waals surface area contributed by atoms with Crippen LogP contribution in [0.1, 0.15) is 0 Å². The Morgan fingerprint density at radius 2 is 1.60 bits per heavy atom. The van der Waals surface area contributed by atoms with Crippen molar-refractivity contribution in [1.82, 2.24) is 0 Å². The molecule has 0 fully saturated rings. The van der Waals surface area contributed by atoms with Gasteiger partial charge in [0.15, 0.2) is 0 Å². The van der Waals surface area contributed by atoms with E-state index in [0.29, 0.717) is 0 Å². The van der Waals surface area contributed by atoms with E-state index in [1.54, 1.807) is 0 Å². The Kier molecular flexibility index (Phi) is 2.33. The van der Waals surface area contributed by atoms with Gasteiger partial charge in [0.25, 0.3) is 0 Å². The van der Waals surface area contributed by atoms with E-state index < -0.39 is 18.4 Å². The van der Waals surface area contributed by atoms with E-state index in [4.69, 9.17) is 4.79 Å². The molecule has 0 atom stereocenters. The van der Waals surface area contributed by atoms with Crippen molar-refractivity contribution in [2.75, 3.05) is 0 Å². The molecule has 58 valence electrons. The maximum absolute atomic E-state index is 11.0. The van der Waals surface area contributed by atoms with Gasteiger partial charge in [0.1, 0.15) is 0 Å². The zero-order valence-electron chi connectivity index (χ0n) is 4.24. The number of hydrogen-bond donors (Lipinski definition) is 0. The van der Waals surface area contributed by atoms with Gasteiger partial charge in [-0.3, -0.25) is 0 Å². The van der Waals surface area contributed by atoms with Gasteiger partial charge in [-0.05, 0) is 0 Å². The lowest BCUT2D eigenvalue weighted by Crippen LogP contribution is -2.26. The summed E-state index contributed by atoms with van der Waals surface area (Å²) in [5.74, 6) is -2.86. The molecular formula is C3F4O3. The number of ether oxygens (including phenoxy) is 1. The molecule has 0 amide bonds. The number of esters is 1. The minimum atomic E-state index is -5.33. The second-order valence-electron chi connectivity index (χ2n) is 1.12. The van der Waals surface area contributed by atoms with Crippen LogP contribution in [-0.4, -0.2) is 18.4 Å². The first-order valence-electron chi connectivity index (χ1n) is 1.82. The topological polar surface area (TPSA) is 43.4 Å². The summed E-state index contributed by atoms with van der Waals surface area (Å²) in [7, 11) is 0. The standard InChI is InChI=1S/C3F4O3/c4-2(9)10-1(8)3(5,6)7. The zero-order chi connectivity index (χ0) is 8.36. The molecule has 10 heavy (non-hydrogen) atoms. The van der Waals surface area contributed by atoms with Gasteiger partial charge in [0.05, 0.1) is 0 Å². The Balaban J connectivity index is 3.99. The molecule has 0 saturated heterocycles. The molecule has 0 aromatic heterocycles. The number of alkyl halides is 3. The minimum absolute atomic E-state index is 2.55. The molecule has 0 aliphatic rings. The molecule has 0 heterocycles. The third kappa shape index (κ3) is 3.00. The lowest BCUT2D eigenvalue weighted by molar-refractivity contribution is -0.193. The number of rotatable bonds is 0. The van der Waals surface area contributed by atoms with E-state index in [-0.39, 0.29) is 0 Å². The number of halogens is 4. The summed E-state index contributed by atoms with van der Waals surface area (Å²) in [5, 5.41) is 0. The van der Waals surface area contributed by atoms with Crippen LogP contribution in [0.25, 0.3) is 0 Å². The van der Waals surface area contributed by atoms with Crippen LogP contribution in [0, 0.1) is 0 Å². The van der Waals surface area contributed by atoms with E-state index in [9.17, 15) is 22.4 Å². The molecular weight excluding hydrogens is 160 g/mol. The minimum Gasteiger partial charge on any atom is -0.360 e. The van der Waals surface area contributed by atoms with Crippen molar-refractivity contribution in [3.8, 4) is 0 Å². The summed E-state index contributed by atoms with van der Waals surface area (Å²) in [5.41, 5.74) is 0. The summed E-state index contributed by atoms with van der Waals surface area (Å²) >= 11 is 0. The molecule has 0 rings (SSSR count). The second kappa shape index (κ2) is 2.63. The third-order valence-corrected chi connectivity index (χ3v) is 0.404. The normalized spacial score (nSPS) is 10.8. The van der Waals surface area contributed by atoms with Gasteiger partial charge in [0, 0.05) is 0 Å². The molecule has 0 N–H and O–H groups in total. The molecule has 0 aliphatic heterocycles. The van der Waals surface area contributed by atoms with Crippen LogP contribution < -0.4 is 0 Å². The number of carbonyl (C=O) groups is 2. The highest BCUT2D eigenvalue weighted by Gasteiger charge is 2.42. The van der Waals surface area contributed by atoms with Crippen LogP contribution in [0.2, 0.25) is 0 Å². The molecule has 0 aromatic carbocycles. The van der Waals surface area contributed by atoms with Crippen molar-refractivity contribution in [3.63, 3.8) is 0 Å². The van der Waals surface area contributed by atoms with Crippen LogP contribution in [0.3, 0.4) is 0 Å². The molecule has 0 unspecified atom stereocenters. The Hall–Kier alpha value is -1.14. The number of carbonyl (C=O) groups excluding carboxylic acids is 2. The summed E-state index contributed by atoms with van der Waals surface area (Å²) < 4.78 is 46.5. The molecule has 0 saturated carbocycles. The van der Waals surface area contributed by atoms with Gasteiger partial charge in [-0.15, -0.1) is 4.39 Å². The van der Waals surface area contributed by atoms with Crippen molar-refractivity contribution < 1.29 is 31.9 Å². The highest BCUT2D eigenvalue weighted by atomic mass is 19.4. The van der Waals surface area contributed by atoms with Gasteiger partial charge in [-0.1, -0.05) is 0 Å². The SMILES string of the molecule is O=C(F)OC(=O)C(F)(F)F. The van der Waals surface area contributed by atoms with Gasteiger partial charge < -0.3 is 4.74 Å². The fourth-order valence-corrected chi connectivity index (χ4v) is 0.131. The van der Waals surface area contributed by atoms with Crippen molar-refractivity contribution in [2.45, 2.75) is 6.18 Å². The van der Waals surface area contributed by atoms with Gasteiger partial charge in [-0.2, -0.15) is 13.2 Å². The fraction of sp³-hybridized carbons (Fsp3) is 0.333. The second-order valence-corrected chi connectivity index (χ2v) is 1.12. The Bertz CT molecular complexity index is 160. The van der Waals surface area contributed by atoms with Crippen molar-refractivity contribution >= 4 is 12.2 Å². The third-order valence-electron chi connectivity index (χ3n) is 0.404. The molecule has 0 aromatic rings. The predicted molar refractivity (Wildman–Crippen MR) is 18.7 cm³/mol. The van der Waals surface area contributed by atoms with Crippen LogP contribution in [0.15, 0.2) is 0 Å². The van der Waals surface area contributed by atoms with Crippen LogP contribution in [0.4, 0.5) is 22.4 Å².